The molecule has 0 aliphatic heterocycles. The average molecular weight is 386 g/mol. The molecule has 0 saturated carbocycles. The normalized spacial score (nSPS) is 10.8. The SMILES string of the molecule is CN(CC(=O)Nc1ccon1)Cc1ccc(OCc2ccc(Cl)cc2)cc1. The first-order valence-corrected chi connectivity index (χ1v) is 8.81. The largest absolute Gasteiger partial charge is 0.489 e. The molecule has 1 amide bonds. The van der Waals surface area contributed by atoms with Crippen LogP contribution in [0.5, 0.6) is 5.75 Å². The first-order chi connectivity index (χ1) is 13.1. The molecular weight excluding hydrogens is 366 g/mol. The van der Waals surface area contributed by atoms with Crippen molar-refractivity contribution in [3.63, 3.8) is 0 Å². The van der Waals surface area contributed by atoms with Gasteiger partial charge in [0.25, 0.3) is 0 Å². The molecular formula is C20H20ClN3O3. The zero-order chi connectivity index (χ0) is 19.1. The summed E-state index contributed by atoms with van der Waals surface area (Å²) in [5, 5.41) is 7.03. The number of hydrogen-bond acceptors (Lipinski definition) is 5. The van der Waals surface area contributed by atoms with Gasteiger partial charge in [-0.25, -0.2) is 0 Å². The van der Waals surface area contributed by atoms with Crippen LogP contribution in [0.3, 0.4) is 0 Å². The summed E-state index contributed by atoms with van der Waals surface area (Å²) in [6, 6.07) is 17.0. The van der Waals surface area contributed by atoms with Crippen molar-refractivity contribution in [1.82, 2.24) is 10.1 Å². The van der Waals surface area contributed by atoms with Crippen LogP contribution >= 0.6 is 11.6 Å². The number of benzene rings is 2. The highest BCUT2D eigenvalue weighted by atomic mass is 35.5. The number of hydrogen-bond donors (Lipinski definition) is 1. The van der Waals surface area contributed by atoms with Crippen LogP contribution < -0.4 is 10.1 Å². The fraction of sp³-hybridized carbons (Fsp3) is 0.200. The molecule has 0 bridgehead atoms. The van der Waals surface area contributed by atoms with Crippen molar-refractivity contribution in [3.05, 3.63) is 77.0 Å². The molecule has 27 heavy (non-hydrogen) atoms. The minimum Gasteiger partial charge on any atom is -0.489 e. The predicted molar refractivity (Wildman–Crippen MR) is 104 cm³/mol. The molecule has 1 N–H and O–H groups in total. The molecule has 0 unspecified atom stereocenters. The van der Waals surface area contributed by atoms with Crippen molar-refractivity contribution < 1.29 is 14.1 Å². The minimum atomic E-state index is -0.144. The summed E-state index contributed by atoms with van der Waals surface area (Å²) in [5.74, 6) is 1.06. The molecule has 140 valence electrons. The van der Waals surface area contributed by atoms with Crippen molar-refractivity contribution in [3.8, 4) is 5.75 Å². The summed E-state index contributed by atoms with van der Waals surface area (Å²) in [5.41, 5.74) is 2.15. The second-order valence-corrected chi connectivity index (χ2v) is 6.60. The number of nitrogens with zero attached hydrogens (tertiary/aromatic N) is 2. The van der Waals surface area contributed by atoms with E-state index < -0.39 is 0 Å². The van der Waals surface area contributed by atoms with Crippen molar-refractivity contribution in [2.45, 2.75) is 13.2 Å². The molecule has 1 heterocycles. The van der Waals surface area contributed by atoms with Gasteiger partial charge in [0.05, 0.1) is 6.54 Å². The van der Waals surface area contributed by atoms with E-state index in [1.165, 1.54) is 6.26 Å². The number of amides is 1. The predicted octanol–water partition coefficient (Wildman–Crippen LogP) is 3.98. The maximum Gasteiger partial charge on any atom is 0.239 e. The van der Waals surface area contributed by atoms with Gasteiger partial charge in [-0.15, -0.1) is 0 Å². The molecule has 3 aromatic rings. The number of nitrogens with one attached hydrogen (secondary N) is 1. The Hall–Kier alpha value is -2.83. The van der Waals surface area contributed by atoms with Gasteiger partial charge >= 0.3 is 0 Å². The third-order valence-corrected chi connectivity index (χ3v) is 4.07. The van der Waals surface area contributed by atoms with E-state index in [0.29, 0.717) is 24.0 Å². The third kappa shape index (κ3) is 6.13. The van der Waals surface area contributed by atoms with Crippen LogP contribution in [0.1, 0.15) is 11.1 Å². The second-order valence-electron chi connectivity index (χ2n) is 6.16. The Morgan fingerprint density at radius 2 is 1.81 bits per heavy atom. The molecule has 7 heteroatoms. The summed E-state index contributed by atoms with van der Waals surface area (Å²) in [7, 11) is 1.88. The van der Waals surface area contributed by atoms with E-state index in [-0.39, 0.29) is 12.5 Å². The lowest BCUT2D eigenvalue weighted by Crippen LogP contribution is -2.29. The number of aromatic nitrogens is 1. The zero-order valence-corrected chi connectivity index (χ0v) is 15.6. The summed E-state index contributed by atoms with van der Waals surface area (Å²) in [4.78, 5) is 13.9. The topological polar surface area (TPSA) is 67.6 Å². The number of carbonyl (C=O) groups is 1. The highest BCUT2D eigenvalue weighted by Gasteiger charge is 2.09. The smallest absolute Gasteiger partial charge is 0.239 e. The van der Waals surface area contributed by atoms with Crippen LogP contribution in [-0.2, 0) is 17.9 Å². The van der Waals surface area contributed by atoms with E-state index in [0.717, 1.165) is 16.9 Å². The lowest BCUT2D eigenvalue weighted by molar-refractivity contribution is -0.117. The highest BCUT2D eigenvalue weighted by molar-refractivity contribution is 6.30. The zero-order valence-electron chi connectivity index (χ0n) is 14.9. The van der Waals surface area contributed by atoms with Gasteiger partial charge in [-0.2, -0.15) is 0 Å². The van der Waals surface area contributed by atoms with E-state index >= 15 is 0 Å². The Kier molecular flexibility index (Phi) is 6.46. The lowest BCUT2D eigenvalue weighted by atomic mass is 10.2. The number of ether oxygens (including phenoxy) is 1. The van der Waals surface area contributed by atoms with E-state index in [4.69, 9.17) is 16.3 Å². The molecule has 0 aliphatic rings. The fourth-order valence-electron chi connectivity index (χ4n) is 2.51. The third-order valence-electron chi connectivity index (χ3n) is 3.81. The van der Waals surface area contributed by atoms with Crippen LogP contribution in [0.4, 0.5) is 5.82 Å². The Bertz CT molecular complexity index is 849. The van der Waals surface area contributed by atoms with E-state index in [9.17, 15) is 4.79 Å². The fourth-order valence-corrected chi connectivity index (χ4v) is 2.64. The van der Waals surface area contributed by atoms with Crippen LogP contribution in [-0.4, -0.2) is 29.6 Å². The molecule has 0 radical (unpaired) electrons. The molecule has 0 fully saturated rings. The summed E-state index contributed by atoms with van der Waals surface area (Å²) < 4.78 is 10.5. The molecule has 0 aliphatic carbocycles. The number of anilines is 1. The second kappa shape index (κ2) is 9.21. The lowest BCUT2D eigenvalue weighted by Gasteiger charge is -2.16. The number of carbonyl (C=O) groups excluding carboxylic acids is 1. The van der Waals surface area contributed by atoms with Gasteiger partial charge in [-0.05, 0) is 42.4 Å². The summed E-state index contributed by atoms with van der Waals surface area (Å²) in [6.07, 6.45) is 1.41. The Morgan fingerprint density at radius 3 is 2.48 bits per heavy atom. The van der Waals surface area contributed by atoms with E-state index in [2.05, 4.69) is 15.0 Å². The van der Waals surface area contributed by atoms with Gasteiger partial charge in [0.2, 0.25) is 5.91 Å². The summed E-state index contributed by atoms with van der Waals surface area (Å²) >= 11 is 5.88. The quantitative estimate of drug-likeness (QED) is 0.635. The monoisotopic (exact) mass is 385 g/mol. The molecule has 1 aromatic heterocycles. The molecule has 0 spiro atoms. The van der Waals surface area contributed by atoms with Gasteiger partial charge in [-0.3, -0.25) is 9.69 Å². The molecule has 2 aromatic carbocycles. The van der Waals surface area contributed by atoms with Crippen molar-refractivity contribution >= 4 is 23.3 Å². The van der Waals surface area contributed by atoms with Crippen molar-refractivity contribution in [2.75, 3.05) is 18.9 Å². The van der Waals surface area contributed by atoms with Gasteiger partial charge in [-0.1, -0.05) is 41.0 Å². The summed E-state index contributed by atoms with van der Waals surface area (Å²) in [6.45, 7) is 1.38. The Balaban J connectivity index is 1.45. The number of likely N-dealkylation sites (N-methyl/N-ethyl adjacent to an activating group) is 1. The highest BCUT2D eigenvalue weighted by Crippen LogP contribution is 2.16. The Morgan fingerprint density at radius 1 is 1.11 bits per heavy atom. The molecule has 0 saturated heterocycles. The average Bonchev–Trinajstić information content (AvgIpc) is 3.15. The molecule has 0 atom stereocenters. The van der Waals surface area contributed by atoms with Crippen LogP contribution in [0, 0.1) is 0 Å². The minimum absolute atomic E-state index is 0.144. The van der Waals surface area contributed by atoms with Crippen molar-refractivity contribution in [1.29, 1.82) is 0 Å². The van der Waals surface area contributed by atoms with Crippen LogP contribution in [0.2, 0.25) is 5.02 Å². The standard InChI is InChI=1S/C20H20ClN3O3/c1-24(13-20(25)22-19-10-11-27-23-19)12-15-4-8-18(9-5-15)26-14-16-2-6-17(21)7-3-16/h2-11H,12-14H2,1H3,(H,22,23,25). The number of rotatable bonds is 8. The first-order valence-electron chi connectivity index (χ1n) is 8.43. The van der Waals surface area contributed by atoms with Gasteiger partial charge in [0.15, 0.2) is 5.82 Å². The van der Waals surface area contributed by atoms with E-state index in [1.807, 2.05) is 60.5 Å². The molecule has 3 rings (SSSR count). The van der Waals surface area contributed by atoms with E-state index in [1.54, 1.807) is 6.07 Å². The van der Waals surface area contributed by atoms with Crippen LogP contribution in [0.15, 0.2) is 65.4 Å². The maximum absolute atomic E-state index is 11.9. The van der Waals surface area contributed by atoms with Crippen LogP contribution in [0.25, 0.3) is 0 Å². The first kappa shape index (κ1) is 18.9. The number of halogens is 1. The van der Waals surface area contributed by atoms with Gasteiger partial charge in [0.1, 0.15) is 18.6 Å². The van der Waals surface area contributed by atoms with Crippen molar-refractivity contribution in [2.24, 2.45) is 0 Å². The Labute approximate surface area is 162 Å². The van der Waals surface area contributed by atoms with Gasteiger partial charge < -0.3 is 14.6 Å². The maximum atomic E-state index is 11.9. The van der Waals surface area contributed by atoms with Gasteiger partial charge in [0, 0.05) is 17.6 Å². The molecule has 6 nitrogen and oxygen atoms in total.